The van der Waals surface area contributed by atoms with E-state index in [2.05, 4.69) is 10.5 Å². The van der Waals surface area contributed by atoms with Gasteiger partial charge < -0.3 is 0 Å². The second kappa shape index (κ2) is 7.26. The van der Waals surface area contributed by atoms with Crippen molar-refractivity contribution in [3.63, 3.8) is 0 Å². The molecular formula is C17H14F2N2O. The highest BCUT2D eigenvalue weighted by atomic mass is 19.1. The monoisotopic (exact) mass is 300 g/mol. The number of hydrogen-bond donors (Lipinski definition) is 1. The highest BCUT2D eigenvalue weighted by Gasteiger charge is 2.08. The van der Waals surface area contributed by atoms with Gasteiger partial charge in [0.15, 0.2) is 0 Å². The first kappa shape index (κ1) is 15.6. The highest BCUT2D eigenvalue weighted by molar-refractivity contribution is 5.95. The average Bonchev–Trinajstić information content (AvgIpc) is 2.47. The molecule has 0 saturated carbocycles. The molecule has 0 aliphatic heterocycles. The topological polar surface area (TPSA) is 41.5 Å². The summed E-state index contributed by atoms with van der Waals surface area (Å²) >= 11 is 0. The van der Waals surface area contributed by atoms with E-state index < -0.39 is 11.7 Å². The quantitative estimate of drug-likeness (QED) is 0.677. The zero-order valence-electron chi connectivity index (χ0n) is 11.9. The lowest BCUT2D eigenvalue weighted by Gasteiger charge is -2.01. The third-order valence-corrected chi connectivity index (χ3v) is 2.80. The number of halogens is 2. The molecule has 0 radical (unpaired) electrons. The van der Waals surface area contributed by atoms with Crippen molar-refractivity contribution in [2.45, 2.75) is 6.92 Å². The van der Waals surface area contributed by atoms with Crippen molar-refractivity contribution < 1.29 is 13.6 Å². The first-order valence-electron chi connectivity index (χ1n) is 6.58. The smallest absolute Gasteiger partial charge is 0.267 e. The molecule has 0 saturated heterocycles. The van der Waals surface area contributed by atoms with E-state index in [0.717, 1.165) is 0 Å². The zero-order chi connectivity index (χ0) is 15.9. The Morgan fingerprint density at radius 2 is 1.91 bits per heavy atom. The fourth-order valence-electron chi connectivity index (χ4n) is 1.79. The highest BCUT2D eigenvalue weighted by Crippen LogP contribution is 2.08. The van der Waals surface area contributed by atoms with Crippen LogP contribution in [0.3, 0.4) is 0 Å². The third kappa shape index (κ3) is 4.34. The molecule has 0 unspecified atom stereocenters. The Hall–Kier alpha value is -2.82. The van der Waals surface area contributed by atoms with Gasteiger partial charge >= 0.3 is 0 Å². The number of hydrogen-bond acceptors (Lipinski definition) is 2. The number of allylic oxidation sites excluding steroid dienone is 1. The Labute approximate surface area is 127 Å². The molecule has 0 atom stereocenters. The molecule has 0 spiro atoms. The summed E-state index contributed by atoms with van der Waals surface area (Å²) in [7, 11) is 0. The lowest BCUT2D eigenvalue weighted by Crippen LogP contribution is -2.18. The van der Waals surface area contributed by atoms with Gasteiger partial charge in [-0.3, -0.25) is 4.79 Å². The SMILES string of the molecule is CC(C=NNC(=O)c1ccccc1F)=Cc1cccc(F)c1. The number of nitrogens with zero attached hydrogens (tertiary/aromatic N) is 1. The van der Waals surface area contributed by atoms with Crippen molar-refractivity contribution in [1.29, 1.82) is 0 Å². The van der Waals surface area contributed by atoms with Crippen molar-refractivity contribution in [3.8, 4) is 0 Å². The normalized spacial score (nSPS) is 11.7. The molecule has 2 rings (SSSR count). The minimum atomic E-state index is -0.632. The molecule has 0 bridgehead atoms. The van der Waals surface area contributed by atoms with Crippen molar-refractivity contribution in [3.05, 3.63) is 76.9 Å². The second-order valence-corrected chi connectivity index (χ2v) is 4.62. The summed E-state index contributed by atoms with van der Waals surface area (Å²) in [6, 6.07) is 11.7. The minimum absolute atomic E-state index is 0.0774. The van der Waals surface area contributed by atoms with Crippen LogP contribution in [0, 0.1) is 11.6 Å². The lowest BCUT2D eigenvalue weighted by atomic mass is 10.1. The molecule has 0 heterocycles. The molecule has 0 aliphatic rings. The van der Waals surface area contributed by atoms with Gasteiger partial charge in [0, 0.05) is 0 Å². The van der Waals surface area contributed by atoms with E-state index in [0.29, 0.717) is 11.1 Å². The average molecular weight is 300 g/mol. The summed E-state index contributed by atoms with van der Waals surface area (Å²) in [4.78, 5) is 11.7. The van der Waals surface area contributed by atoms with Gasteiger partial charge in [0.1, 0.15) is 11.6 Å². The van der Waals surface area contributed by atoms with Gasteiger partial charge in [-0.1, -0.05) is 30.3 Å². The van der Waals surface area contributed by atoms with Crippen LogP contribution >= 0.6 is 0 Å². The van der Waals surface area contributed by atoms with Crippen molar-refractivity contribution in [2.24, 2.45) is 5.10 Å². The molecule has 112 valence electrons. The van der Waals surface area contributed by atoms with Crippen LogP contribution in [0.4, 0.5) is 8.78 Å². The molecule has 2 aromatic carbocycles. The number of nitrogens with one attached hydrogen (secondary N) is 1. The molecule has 0 aromatic heterocycles. The van der Waals surface area contributed by atoms with E-state index in [-0.39, 0.29) is 11.4 Å². The summed E-state index contributed by atoms with van der Waals surface area (Å²) in [5.41, 5.74) is 3.56. The number of benzene rings is 2. The fourth-order valence-corrected chi connectivity index (χ4v) is 1.79. The Bertz CT molecular complexity index is 739. The fraction of sp³-hybridized carbons (Fsp3) is 0.0588. The molecule has 22 heavy (non-hydrogen) atoms. The predicted octanol–water partition coefficient (Wildman–Crippen LogP) is 3.78. The Balaban J connectivity index is 2.00. The van der Waals surface area contributed by atoms with Gasteiger partial charge in [0.2, 0.25) is 0 Å². The van der Waals surface area contributed by atoms with E-state index in [1.165, 1.54) is 36.5 Å². The third-order valence-electron chi connectivity index (χ3n) is 2.80. The van der Waals surface area contributed by atoms with Gasteiger partial charge in [-0.2, -0.15) is 5.10 Å². The second-order valence-electron chi connectivity index (χ2n) is 4.62. The van der Waals surface area contributed by atoms with Crippen LogP contribution in [0.15, 0.2) is 59.2 Å². The first-order chi connectivity index (χ1) is 10.6. The van der Waals surface area contributed by atoms with E-state index in [1.54, 1.807) is 31.2 Å². The molecule has 0 aliphatic carbocycles. The standard InChI is InChI=1S/C17H14F2N2O/c1-12(9-13-5-4-6-14(18)10-13)11-20-21-17(22)15-7-2-3-8-16(15)19/h2-11H,1H3,(H,21,22). The van der Waals surface area contributed by atoms with Crippen molar-refractivity contribution in [1.82, 2.24) is 5.43 Å². The van der Waals surface area contributed by atoms with Crippen LogP contribution in [0.5, 0.6) is 0 Å². The first-order valence-corrected chi connectivity index (χ1v) is 6.58. The van der Waals surface area contributed by atoms with E-state index in [9.17, 15) is 13.6 Å². The van der Waals surface area contributed by atoms with Crippen LogP contribution in [-0.4, -0.2) is 12.1 Å². The zero-order valence-corrected chi connectivity index (χ0v) is 11.9. The number of hydrazone groups is 1. The number of carbonyl (C=O) groups excluding carboxylic acids is 1. The molecule has 3 nitrogen and oxygen atoms in total. The van der Waals surface area contributed by atoms with Crippen molar-refractivity contribution >= 4 is 18.2 Å². The maximum Gasteiger partial charge on any atom is 0.274 e. The Kier molecular flexibility index (Phi) is 5.14. The summed E-state index contributed by atoms with van der Waals surface area (Å²) in [5.74, 6) is -1.57. The predicted molar refractivity (Wildman–Crippen MR) is 82.4 cm³/mol. The van der Waals surface area contributed by atoms with E-state index >= 15 is 0 Å². The molecule has 1 amide bonds. The maximum atomic E-state index is 13.4. The van der Waals surface area contributed by atoms with E-state index in [1.807, 2.05) is 0 Å². The molecule has 1 N–H and O–H groups in total. The minimum Gasteiger partial charge on any atom is -0.267 e. The summed E-state index contributed by atoms with van der Waals surface area (Å²) in [6.45, 7) is 1.75. The number of rotatable bonds is 4. The van der Waals surface area contributed by atoms with Gasteiger partial charge in [0.05, 0.1) is 11.8 Å². The number of amides is 1. The van der Waals surface area contributed by atoms with Gasteiger partial charge in [-0.05, 0) is 42.3 Å². The van der Waals surface area contributed by atoms with Crippen LogP contribution in [0.2, 0.25) is 0 Å². The van der Waals surface area contributed by atoms with Crippen LogP contribution in [0.25, 0.3) is 6.08 Å². The van der Waals surface area contributed by atoms with Gasteiger partial charge in [0.25, 0.3) is 5.91 Å². The van der Waals surface area contributed by atoms with Crippen LogP contribution in [0.1, 0.15) is 22.8 Å². The van der Waals surface area contributed by atoms with Crippen LogP contribution < -0.4 is 5.43 Å². The Morgan fingerprint density at radius 1 is 1.14 bits per heavy atom. The molecule has 5 heteroatoms. The van der Waals surface area contributed by atoms with Gasteiger partial charge in [-0.25, -0.2) is 14.2 Å². The molecule has 0 fully saturated rings. The van der Waals surface area contributed by atoms with Crippen molar-refractivity contribution in [2.75, 3.05) is 0 Å². The molecular weight excluding hydrogens is 286 g/mol. The van der Waals surface area contributed by atoms with Gasteiger partial charge in [-0.15, -0.1) is 0 Å². The van der Waals surface area contributed by atoms with Crippen LogP contribution in [-0.2, 0) is 0 Å². The summed E-state index contributed by atoms with van der Waals surface area (Å²) in [6.07, 6.45) is 3.12. The summed E-state index contributed by atoms with van der Waals surface area (Å²) in [5, 5.41) is 3.75. The Morgan fingerprint density at radius 3 is 2.64 bits per heavy atom. The lowest BCUT2D eigenvalue weighted by molar-refractivity contribution is 0.0951. The maximum absolute atomic E-state index is 13.4. The van der Waals surface area contributed by atoms with E-state index in [4.69, 9.17) is 0 Å². The number of carbonyl (C=O) groups is 1. The largest absolute Gasteiger partial charge is 0.274 e. The summed E-state index contributed by atoms with van der Waals surface area (Å²) < 4.78 is 26.4. The molecule has 2 aromatic rings.